The van der Waals surface area contributed by atoms with Gasteiger partial charge in [-0.05, 0) is 12.5 Å². The summed E-state index contributed by atoms with van der Waals surface area (Å²) in [4.78, 5) is 12.0. The number of hydrogen-bond donors (Lipinski definition) is 1. The van der Waals surface area contributed by atoms with Crippen LogP contribution in [0.4, 0.5) is 0 Å². The maximum Gasteiger partial charge on any atom is 0.272 e. The molecule has 0 fully saturated rings. The molecule has 1 aromatic carbocycles. The van der Waals surface area contributed by atoms with Gasteiger partial charge in [0.15, 0.2) is 5.69 Å². The molecule has 0 aliphatic heterocycles. The summed E-state index contributed by atoms with van der Waals surface area (Å²) < 4.78 is 1.69. The molecule has 0 aliphatic rings. The Kier molecular flexibility index (Phi) is 3.58. The van der Waals surface area contributed by atoms with Gasteiger partial charge in [0.05, 0.1) is 11.6 Å². The van der Waals surface area contributed by atoms with Crippen LogP contribution in [-0.4, -0.2) is 22.2 Å². The summed E-state index contributed by atoms with van der Waals surface area (Å²) in [5.74, 6) is -0.190. The molecule has 0 radical (unpaired) electrons. The molecule has 1 N–H and O–H groups in total. The summed E-state index contributed by atoms with van der Waals surface area (Å²) in [5.41, 5.74) is 1.37. The lowest BCUT2D eigenvalue weighted by molar-refractivity contribution is 0.0949. The van der Waals surface area contributed by atoms with Gasteiger partial charge < -0.3 is 5.32 Å². The minimum atomic E-state index is -0.190. The molecule has 5 nitrogen and oxygen atoms in total. The molecule has 0 bridgehead atoms. The van der Waals surface area contributed by atoms with Crippen molar-refractivity contribution in [1.82, 2.24) is 15.1 Å². The zero-order valence-corrected chi connectivity index (χ0v) is 10.2. The number of fused-ring (bicyclic) bond motifs is 1. The topological polar surface area (TPSA) is 70.7 Å². The van der Waals surface area contributed by atoms with Crippen LogP contribution in [0.2, 0.25) is 0 Å². The Balaban J connectivity index is 2.16. The van der Waals surface area contributed by atoms with E-state index in [4.69, 9.17) is 5.26 Å². The number of nitrogens with zero attached hydrogens (tertiary/aromatic N) is 3. The average molecular weight is 242 g/mol. The van der Waals surface area contributed by atoms with Crippen molar-refractivity contribution in [3.63, 3.8) is 0 Å². The van der Waals surface area contributed by atoms with Crippen LogP contribution in [0, 0.1) is 11.3 Å². The van der Waals surface area contributed by atoms with Crippen LogP contribution in [0.5, 0.6) is 0 Å². The Morgan fingerprint density at radius 3 is 3.06 bits per heavy atom. The highest BCUT2D eigenvalue weighted by Crippen LogP contribution is 2.17. The van der Waals surface area contributed by atoms with Gasteiger partial charge in [-0.3, -0.25) is 9.48 Å². The molecule has 2 aromatic rings. The molecule has 1 heterocycles. The van der Waals surface area contributed by atoms with Crippen molar-refractivity contribution in [2.24, 2.45) is 7.05 Å². The highest BCUT2D eigenvalue weighted by atomic mass is 16.1. The third-order valence-electron chi connectivity index (χ3n) is 2.72. The fourth-order valence-corrected chi connectivity index (χ4v) is 1.83. The number of aryl methyl sites for hydroxylation is 1. The number of para-hydroxylation sites is 1. The molecule has 0 spiro atoms. The largest absolute Gasteiger partial charge is 0.351 e. The first-order valence-corrected chi connectivity index (χ1v) is 5.81. The molecule has 0 aliphatic carbocycles. The summed E-state index contributed by atoms with van der Waals surface area (Å²) >= 11 is 0. The Bertz CT molecular complexity index is 609. The second kappa shape index (κ2) is 5.32. The van der Waals surface area contributed by atoms with Gasteiger partial charge in [-0.2, -0.15) is 10.4 Å². The number of rotatable bonds is 4. The molecule has 92 valence electrons. The Morgan fingerprint density at radius 2 is 2.28 bits per heavy atom. The number of hydrogen-bond acceptors (Lipinski definition) is 3. The normalized spacial score (nSPS) is 10.2. The van der Waals surface area contributed by atoms with Gasteiger partial charge in [0, 0.05) is 25.4 Å². The van der Waals surface area contributed by atoms with Crippen molar-refractivity contribution in [2.75, 3.05) is 6.54 Å². The van der Waals surface area contributed by atoms with E-state index in [9.17, 15) is 4.79 Å². The van der Waals surface area contributed by atoms with Crippen LogP contribution in [0.25, 0.3) is 10.9 Å². The maximum absolute atomic E-state index is 12.0. The lowest BCUT2D eigenvalue weighted by Gasteiger charge is -2.00. The SMILES string of the molecule is Cn1nc(C(=O)NCCCC#N)c2ccccc21. The standard InChI is InChI=1S/C13H14N4O/c1-17-11-7-3-2-6-10(11)12(16-17)13(18)15-9-5-4-8-14/h2-3,6-7H,4-5,9H2,1H3,(H,15,18). The summed E-state index contributed by atoms with van der Waals surface area (Å²) in [6, 6.07) is 9.65. The second-order valence-electron chi connectivity index (χ2n) is 4.01. The van der Waals surface area contributed by atoms with Gasteiger partial charge in [0.1, 0.15) is 0 Å². The number of nitrogens with one attached hydrogen (secondary N) is 1. The maximum atomic E-state index is 12.0. The minimum Gasteiger partial charge on any atom is -0.351 e. The first-order valence-electron chi connectivity index (χ1n) is 5.81. The van der Waals surface area contributed by atoms with Crippen molar-refractivity contribution < 1.29 is 4.79 Å². The van der Waals surface area contributed by atoms with Gasteiger partial charge in [-0.25, -0.2) is 0 Å². The van der Waals surface area contributed by atoms with E-state index in [1.54, 1.807) is 4.68 Å². The predicted octanol–water partition coefficient (Wildman–Crippen LogP) is 1.61. The molecule has 0 unspecified atom stereocenters. The first kappa shape index (κ1) is 12.1. The van der Waals surface area contributed by atoms with Gasteiger partial charge in [0.25, 0.3) is 5.91 Å². The number of aromatic nitrogens is 2. The smallest absolute Gasteiger partial charge is 0.272 e. The van der Waals surface area contributed by atoms with Crippen molar-refractivity contribution in [3.8, 4) is 6.07 Å². The second-order valence-corrected chi connectivity index (χ2v) is 4.01. The highest BCUT2D eigenvalue weighted by Gasteiger charge is 2.14. The van der Waals surface area contributed by atoms with E-state index in [2.05, 4.69) is 10.4 Å². The molecular weight excluding hydrogens is 228 g/mol. The molecule has 0 saturated heterocycles. The summed E-state index contributed by atoms with van der Waals surface area (Å²) in [5, 5.41) is 16.3. The van der Waals surface area contributed by atoms with Crippen LogP contribution in [0.15, 0.2) is 24.3 Å². The van der Waals surface area contributed by atoms with Gasteiger partial charge in [-0.1, -0.05) is 18.2 Å². The van der Waals surface area contributed by atoms with E-state index in [0.29, 0.717) is 25.1 Å². The number of benzene rings is 1. The highest BCUT2D eigenvalue weighted by molar-refractivity contribution is 6.04. The van der Waals surface area contributed by atoms with Crippen molar-refractivity contribution in [3.05, 3.63) is 30.0 Å². The van der Waals surface area contributed by atoms with Crippen molar-refractivity contribution in [1.29, 1.82) is 5.26 Å². The fraction of sp³-hybridized carbons (Fsp3) is 0.308. The molecule has 0 saturated carbocycles. The minimum absolute atomic E-state index is 0.190. The van der Waals surface area contributed by atoms with Gasteiger partial charge >= 0.3 is 0 Å². The molecular formula is C13H14N4O. The van der Waals surface area contributed by atoms with Crippen molar-refractivity contribution >= 4 is 16.8 Å². The predicted molar refractivity (Wildman–Crippen MR) is 67.9 cm³/mol. The molecule has 1 amide bonds. The summed E-state index contributed by atoms with van der Waals surface area (Å²) in [7, 11) is 1.81. The van der Waals surface area contributed by atoms with E-state index < -0.39 is 0 Å². The number of amides is 1. The number of carbonyl (C=O) groups is 1. The van der Waals surface area contributed by atoms with E-state index in [-0.39, 0.29) is 5.91 Å². The average Bonchev–Trinajstić information content (AvgIpc) is 2.73. The van der Waals surface area contributed by atoms with Gasteiger partial charge in [-0.15, -0.1) is 0 Å². The van der Waals surface area contributed by atoms with E-state index in [1.165, 1.54) is 0 Å². The van der Waals surface area contributed by atoms with Crippen molar-refractivity contribution in [2.45, 2.75) is 12.8 Å². The zero-order valence-electron chi connectivity index (χ0n) is 10.2. The first-order chi connectivity index (χ1) is 8.74. The van der Waals surface area contributed by atoms with Crippen LogP contribution < -0.4 is 5.32 Å². The van der Waals surface area contributed by atoms with Crippen LogP contribution in [0.3, 0.4) is 0 Å². The van der Waals surface area contributed by atoms with E-state index in [1.807, 2.05) is 37.4 Å². The van der Waals surface area contributed by atoms with E-state index >= 15 is 0 Å². The molecule has 5 heteroatoms. The van der Waals surface area contributed by atoms with Crippen LogP contribution in [-0.2, 0) is 7.05 Å². The van der Waals surface area contributed by atoms with Crippen LogP contribution in [0.1, 0.15) is 23.3 Å². The molecule has 0 atom stereocenters. The number of unbranched alkanes of at least 4 members (excludes halogenated alkanes) is 1. The van der Waals surface area contributed by atoms with Crippen LogP contribution >= 0.6 is 0 Å². The summed E-state index contributed by atoms with van der Waals surface area (Å²) in [6.07, 6.45) is 1.11. The Morgan fingerprint density at radius 1 is 1.50 bits per heavy atom. The third-order valence-corrected chi connectivity index (χ3v) is 2.72. The Labute approximate surface area is 105 Å². The lowest BCUT2D eigenvalue weighted by atomic mass is 10.2. The number of carbonyl (C=O) groups excluding carboxylic acids is 1. The zero-order chi connectivity index (χ0) is 13.0. The van der Waals surface area contributed by atoms with E-state index in [0.717, 1.165) is 10.9 Å². The molecule has 18 heavy (non-hydrogen) atoms. The molecule has 1 aromatic heterocycles. The number of nitriles is 1. The molecule has 2 rings (SSSR count). The lowest BCUT2D eigenvalue weighted by Crippen LogP contribution is -2.25. The quantitative estimate of drug-likeness (QED) is 0.828. The Hall–Kier alpha value is -2.35. The summed E-state index contributed by atoms with van der Waals surface area (Å²) in [6.45, 7) is 0.497. The third kappa shape index (κ3) is 2.33. The fourth-order valence-electron chi connectivity index (χ4n) is 1.83. The monoisotopic (exact) mass is 242 g/mol. The van der Waals surface area contributed by atoms with Gasteiger partial charge in [0.2, 0.25) is 0 Å².